The summed E-state index contributed by atoms with van der Waals surface area (Å²) in [5.41, 5.74) is 0.887. The van der Waals surface area contributed by atoms with E-state index in [1.807, 2.05) is 35.9 Å². The molecule has 0 spiro atoms. The molecule has 2 aromatic heterocycles. The van der Waals surface area contributed by atoms with E-state index in [1.165, 1.54) is 56.0 Å². The number of hydrogen-bond acceptors (Lipinski definition) is 6. The molecule has 40 heavy (non-hydrogen) atoms. The van der Waals surface area contributed by atoms with Crippen molar-refractivity contribution in [3.8, 4) is 0 Å². The second-order valence-corrected chi connectivity index (χ2v) is 13.7. The van der Waals surface area contributed by atoms with Gasteiger partial charge in [-0.25, -0.2) is 4.68 Å². The summed E-state index contributed by atoms with van der Waals surface area (Å²) in [5.74, 6) is 4.74. The minimum atomic E-state index is -0.0886. The smallest absolute Gasteiger partial charge is 0.274 e. The lowest BCUT2D eigenvalue weighted by atomic mass is 9.53. The Morgan fingerprint density at radius 1 is 0.950 bits per heavy atom. The van der Waals surface area contributed by atoms with E-state index < -0.39 is 0 Å². The molecule has 7 rings (SSSR count). The van der Waals surface area contributed by atoms with E-state index in [2.05, 4.69) is 20.6 Å². The normalized spacial score (nSPS) is 25.1. The van der Waals surface area contributed by atoms with Crippen LogP contribution < -0.4 is 10.9 Å². The lowest BCUT2D eigenvalue weighted by molar-refractivity contribution is -0.127. The van der Waals surface area contributed by atoms with Crippen molar-refractivity contribution in [3.05, 3.63) is 46.1 Å². The minimum absolute atomic E-state index is 0.0886. The van der Waals surface area contributed by atoms with Crippen molar-refractivity contribution in [2.24, 2.45) is 31.8 Å². The molecule has 8 nitrogen and oxygen atoms in total. The minimum Gasteiger partial charge on any atom is -0.351 e. The van der Waals surface area contributed by atoms with E-state index >= 15 is 0 Å². The van der Waals surface area contributed by atoms with Gasteiger partial charge in [-0.05, 0) is 75.2 Å². The molecule has 4 aliphatic carbocycles. The highest BCUT2D eigenvalue weighted by molar-refractivity contribution is 7.99. The number of carbonyl (C=O) groups is 1. The maximum atomic E-state index is 12.7. The fourth-order valence-electron chi connectivity index (χ4n) is 7.98. The predicted molar refractivity (Wildman–Crippen MR) is 158 cm³/mol. The molecule has 1 aromatic carbocycles. The Hall–Kier alpha value is -2.68. The molecular formula is C31H42N6O2S. The van der Waals surface area contributed by atoms with Crippen molar-refractivity contribution in [2.45, 2.75) is 94.2 Å². The van der Waals surface area contributed by atoms with Crippen LogP contribution in [0.2, 0.25) is 0 Å². The molecule has 0 unspecified atom stereocenters. The molecule has 4 saturated carbocycles. The van der Waals surface area contributed by atoms with Gasteiger partial charge >= 0.3 is 0 Å². The van der Waals surface area contributed by atoms with Crippen LogP contribution in [0, 0.1) is 17.8 Å². The largest absolute Gasteiger partial charge is 0.351 e. The van der Waals surface area contributed by atoms with E-state index in [0.717, 1.165) is 64.8 Å². The predicted octanol–water partition coefficient (Wildman–Crippen LogP) is 5.17. The monoisotopic (exact) mass is 562 g/mol. The third kappa shape index (κ3) is 5.85. The van der Waals surface area contributed by atoms with Gasteiger partial charge in [-0.3, -0.25) is 9.59 Å². The van der Waals surface area contributed by atoms with Crippen LogP contribution >= 0.6 is 11.8 Å². The molecule has 0 aliphatic heterocycles. The molecule has 1 amide bonds. The fourth-order valence-corrected chi connectivity index (χ4v) is 8.91. The Morgan fingerprint density at radius 3 is 2.33 bits per heavy atom. The summed E-state index contributed by atoms with van der Waals surface area (Å²) in [7, 11) is 3.69. The standard InChI is InChI=1S/C31H42N6O2S/c1-36-27(17-26-24-10-7-8-11-25(24)29(39)37(2)35-26)33-34-30(36)40-13-9-5-3-4-6-12-28(38)32-31-18-21-14-22(19-31)16-23(15-21)20-31/h7-8,10-11,21-23H,3-6,9,12-20H2,1-2H3,(H,32,38). The van der Waals surface area contributed by atoms with Gasteiger partial charge in [-0.1, -0.05) is 49.2 Å². The summed E-state index contributed by atoms with van der Waals surface area (Å²) in [4.78, 5) is 25.1. The summed E-state index contributed by atoms with van der Waals surface area (Å²) in [6.07, 6.45) is 14.7. The van der Waals surface area contributed by atoms with E-state index in [-0.39, 0.29) is 17.0 Å². The SMILES string of the molecule is Cn1c(Cc2nn(C)c(=O)c3ccccc23)nnc1SCCCCCCCC(=O)NC12CC3CC(CC(C3)C1)C2. The van der Waals surface area contributed by atoms with E-state index in [9.17, 15) is 9.59 Å². The molecule has 4 fully saturated rings. The molecule has 0 radical (unpaired) electrons. The van der Waals surface area contributed by atoms with Crippen LogP contribution in [0.3, 0.4) is 0 Å². The first-order chi connectivity index (χ1) is 19.4. The van der Waals surface area contributed by atoms with Crippen molar-refractivity contribution >= 4 is 28.4 Å². The number of rotatable bonds is 12. The van der Waals surface area contributed by atoms with Gasteiger partial charge in [-0.15, -0.1) is 10.2 Å². The van der Waals surface area contributed by atoms with Gasteiger partial charge in [0, 0.05) is 37.2 Å². The molecule has 214 valence electrons. The number of amides is 1. The maximum absolute atomic E-state index is 12.7. The average Bonchev–Trinajstić information content (AvgIpc) is 3.26. The third-order valence-electron chi connectivity index (χ3n) is 9.51. The number of thioether (sulfide) groups is 1. The number of benzene rings is 1. The van der Waals surface area contributed by atoms with Crippen LogP contribution in [0.1, 0.15) is 88.6 Å². The Bertz CT molecular complexity index is 1390. The molecule has 9 heteroatoms. The second kappa shape index (κ2) is 11.7. The quantitative estimate of drug-likeness (QED) is 0.242. The molecule has 4 bridgehead atoms. The second-order valence-electron chi connectivity index (χ2n) is 12.7. The number of aryl methyl sites for hydroxylation is 1. The summed E-state index contributed by atoms with van der Waals surface area (Å²) < 4.78 is 3.44. The highest BCUT2D eigenvalue weighted by atomic mass is 32.2. The van der Waals surface area contributed by atoms with Crippen LogP contribution in [-0.2, 0) is 25.3 Å². The molecule has 0 atom stereocenters. The van der Waals surface area contributed by atoms with Crippen molar-refractivity contribution in [2.75, 3.05) is 5.75 Å². The number of carbonyl (C=O) groups excluding carboxylic acids is 1. The lowest BCUT2D eigenvalue weighted by Gasteiger charge is -2.56. The number of hydrogen-bond donors (Lipinski definition) is 1. The summed E-state index contributed by atoms with van der Waals surface area (Å²) >= 11 is 1.74. The Balaban J connectivity index is 0.896. The first kappa shape index (κ1) is 27.5. The van der Waals surface area contributed by atoms with Gasteiger partial charge in [0.05, 0.1) is 17.5 Å². The van der Waals surface area contributed by atoms with Gasteiger partial charge in [-0.2, -0.15) is 5.10 Å². The zero-order chi connectivity index (χ0) is 27.7. The highest BCUT2D eigenvalue weighted by Crippen LogP contribution is 2.55. The first-order valence-electron chi connectivity index (χ1n) is 15.2. The van der Waals surface area contributed by atoms with Crippen molar-refractivity contribution in [1.29, 1.82) is 0 Å². The highest BCUT2D eigenvalue weighted by Gasteiger charge is 2.51. The summed E-state index contributed by atoms with van der Waals surface area (Å²) in [5, 5.41) is 19.3. The number of nitrogens with one attached hydrogen (secondary N) is 1. The van der Waals surface area contributed by atoms with Crippen molar-refractivity contribution < 1.29 is 4.79 Å². The van der Waals surface area contributed by atoms with Gasteiger partial charge in [0.2, 0.25) is 5.91 Å². The maximum Gasteiger partial charge on any atom is 0.274 e. The zero-order valence-electron chi connectivity index (χ0n) is 23.9. The average molecular weight is 563 g/mol. The number of nitrogens with zero attached hydrogens (tertiary/aromatic N) is 5. The molecule has 4 aliphatic rings. The van der Waals surface area contributed by atoms with Gasteiger partial charge in [0.25, 0.3) is 5.56 Å². The van der Waals surface area contributed by atoms with Crippen molar-refractivity contribution in [3.63, 3.8) is 0 Å². The van der Waals surface area contributed by atoms with Gasteiger partial charge in [0.1, 0.15) is 5.82 Å². The number of unbranched alkanes of at least 4 members (excludes halogenated alkanes) is 4. The molecule has 2 heterocycles. The Labute approximate surface area is 240 Å². The number of fused-ring (bicyclic) bond motifs is 1. The fraction of sp³-hybridized carbons (Fsp3) is 0.645. The number of aromatic nitrogens is 5. The summed E-state index contributed by atoms with van der Waals surface area (Å²) in [6, 6.07) is 7.60. The molecule has 1 N–H and O–H groups in total. The first-order valence-corrected chi connectivity index (χ1v) is 16.1. The summed E-state index contributed by atoms with van der Waals surface area (Å²) in [6.45, 7) is 0. The van der Waals surface area contributed by atoms with E-state index in [1.54, 1.807) is 18.8 Å². The molecule has 0 saturated heterocycles. The Morgan fingerprint density at radius 2 is 1.60 bits per heavy atom. The molecular weight excluding hydrogens is 520 g/mol. The van der Waals surface area contributed by atoms with Crippen LogP contribution in [0.15, 0.2) is 34.2 Å². The molecule has 3 aromatic rings. The van der Waals surface area contributed by atoms with Crippen molar-refractivity contribution in [1.82, 2.24) is 29.9 Å². The van der Waals surface area contributed by atoms with E-state index in [4.69, 9.17) is 0 Å². The third-order valence-corrected chi connectivity index (χ3v) is 10.6. The van der Waals surface area contributed by atoms with Crippen LogP contribution in [0.5, 0.6) is 0 Å². The lowest BCUT2D eigenvalue weighted by Crippen LogP contribution is -2.59. The van der Waals surface area contributed by atoms with E-state index in [0.29, 0.717) is 18.2 Å². The van der Waals surface area contributed by atoms with Crippen LogP contribution in [0.4, 0.5) is 0 Å². The van der Waals surface area contributed by atoms with Crippen LogP contribution in [0.25, 0.3) is 10.8 Å². The topological polar surface area (TPSA) is 94.7 Å². The van der Waals surface area contributed by atoms with Gasteiger partial charge in [0.15, 0.2) is 5.16 Å². The zero-order valence-corrected chi connectivity index (χ0v) is 24.7. The van der Waals surface area contributed by atoms with Gasteiger partial charge < -0.3 is 9.88 Å². The Kier molecular flexibility index (Phi) is 8.02. The van der Waals surface area contributed by atoms with Crippen LogP contribution in [-0.4, -0.2) is 41.7 Å².